The van der Waals surface area contributed by atoms with Crippen molar-refractivity contribution >= 4 is 0 Å². The molecule has 0 heterocycles. The molecule has 0 aromatic rings. The maximum atomic E-state index is 3.89. The molecule has 2 fully saturated rings. The summed E-state index contributed by atoms with van der Waals surface area (Å²) in [6.45, 7) is 7.08. The second kappa shape index (κ2) is 5.53. The largest absolute Gasteiger partial charge is 0.311 e. The van der Waals surface area contributed by atoms with E-state index in [1.165, 1.54) is 44.9 Å². The first-order valence-corrected chi connectivity index (χ1v) is 7.46. The molecule has 0 radical (unpaired) electrons. The van der Waals surface area contributed by atoms with Crippen molar-refractivity contribution in [2.75, 3.05) is 0 Å². The average Bonchev–Trinajstić information content (AvgIpc) is 2.98. The van der Waals surface area contributed by atoms with Crippen LogP contribution in [0.15, 0.2) is 0 Å². The van der Waals surface area contributed by atoms with E-state index in [1.807, 2.05) is 0 Å². The van der Waals surface area contributed by atoms with Crippen molar-refractivity contribution < 1.29 is 0 Å². The van der Waals surface area contributed by atoms with E-state index in [2.05, 4.69) is 26.1 Å². The second-order valence-electron chi connectivity index (χ2n) is 6.41. The Bertz CT molecular complexity index is 203. The Balaban J connectivity index is 1.63. The van der Waals surface area contributed by atoms with Gasteiger partial charge in [-0.15, -0.1) is 0 Å². The van der Waals surface area contributed by atoms with Gasteiger partial charge in [0, 0.05) is 12.1 Å². The Kier molecular flexibility index (Phi) is 4.29. The summed E-state index contributed by atoms with van der Waals surface area (Å²) in [5, 5.41) is 3.89. The van der Waals surface area contributed by atoms with Crippen LogP contribution in [0.25, 0.3) is 0 Å². The van der Waals surface area contributed by atoms with Crippen LogP contribution in [-0.2, 0) is 0 Å². The molecule has 2 saturated carbocycles. The second-order valence-corrected chi connectivity index (χ2v) is 6.41. The Morgan fingerprint density at radius 3 is 2.38 bits per heavy atom. The van der Waals surface area contributed by atoms with Crippen LogP contribution in [0.1, 0.15) is 65.7 Å². The highest BCUT2D eigenvalue weighted by molar-refractivity contribution is 4.95. The van der Waals surface area contributed by atoms with Gasteiger partial charge in [0.05, 0.1) is 0 Å². The lowest BCUT2D eigenvalue weighted by atomic mass is 9.79. The van der Waals surface area contributed by atoms with Crippen LogP contribution in [0.5, 0.6) is 0 Å². The van der Waals surface area contributed by atoms with Crippen molar-refractivity contribution in [1.29, 1.82) is 0 Å². The van der Waals surface area contributed by atoms with Gasteiger partial charge < -0.3 is 5.32 Å². The molecule has 1 nitrogen and oxygen atoms in total. The van der Waals surface area contributed by atoms with Crippen LogP contribution in [0.3, 0.4) is 0 Å². The molecule has 0 spiro atoms. The van der Waals surface area contributed by atoms with Crippen LogP contribution in [-0.4, -0.2) is 12.1 Å². The van der Waals surface area contributed by atoms with E-state index >= 15 is 0 Å². The number of hydrogen-bond acceptors (Lipinski definition) is 1. The zero-order chi connectivity index (χ0) is 11.5. The molecule has 2 atom stereocenters. The number of rotatable bonds is 5. The summed E-state index contributed by atoms with van der Waals surface area (Å²) in [6.07, 6.45) is 10.0. The van der Waals surface area contributed by atoms with Gasteiger partial charge >= 0.3 is 0 Å². The molecule has 2 aliphatic carbocycles. The van der Waals surface area contributed by atoms with Gasteiger partial charge in [0.2, 0.25) is 0 Å². The molecule has 2 aliphatic rings. The minimum Gasteiger partial charge on any atom is -0.311 e. The first-order chi connectivity index (χ1) is 7.70. The first kappa shape index (κ1) is 12.4. The Labute approximate surface area is 101 Å². The predicted molar refractivity (Wildman–Crippen MR) is 70.5 cm³/mol. The summed E-state index contributed by atoms with van der Waals surface area (Å²) in [6, 6.07) is 1.74. The van der Waals surface area contributed by atoms with Crippen molar-refractivity contribution in [2.24, 2.45) is 17.8 Å². The monoisotopic (exact) mass is 223 g/mol. The van der Waals surface area contributed by atoms with Crippen molar-refractivity contribution in [3.8, 4) is 0 Å². The normalized spacial score (nSPS) is 39.0. The molecule has 2 unspecified atom stereocenters. The summed E-state index contributed by atoms with van der Waals surface area (Å²) in [5.74, 6) is 2.92. The van der Waals surface area contributed by atoms with Gasteiger partial charge in [0.25, 0.3) is 0 Å². The van der Waals surface area contributed by atoms with E-state index in [9.17, 15) is 0 Å². The predicted octanol–water partition coefficient (Wildman–Crippen LogP) is 3.98. The zero-order valence-corrected chi connectivity index (χ0v) is 11.3. The maximum Gasteiger partial charge on any atom is 0.0102 e. The molecule has 2 rings (SSSR count). The standard InChI is InChI=1S/C15H29N/c1-4-5-13-10-15(13)16-14-8-6-12(7-9-14)11(2)3/h11-16H,4-10H2,1-3H3. The van der Waals surface area contributed by atoms with Crippen molar-refractivity contribution in [3.63, 3.8) is 0 Å². The number of hydrogen-bond donors (Lipinski definition) is 1. The van der Waals surface area contributed by atoms with Crippen molar-refractivity contribution in [2.45, 2.75) is 77.8 Å². The van der Waals surface area contributed by atoms with E-state index in [0.717, 1.165) is 29.8 Å². The Hall–Kier alpha value is -0.0400. The molecule has 0 aromatic carbocycles. The van der Waals surface area contributed by atoms with Gasteiger partial charge in [-0.1, -0.05) is 27.2 Å². The topological polar surface area (TPSA) is 12.0 Å². The van der Waals surface area contributed by atoms with E-state index < -0.39 is 0 Å². The molecule has 0 aliphatic heterocycles. The van der Waals surface area contributed by atoms with Crippen molar-refractivity contribution in [3.05, 3.63) is 0 Å². The number of nitrogens with one attached hydrogen (secondary N) is 1. The lowest BCUT2D eigenvalue weighted by molar-refractivity contribution is 0.236. The van der Waals surface area contributed by atoms with Gasteiger partial charge in [-0.25, -0.2) is 0 Å². The average molecular weight is 223 g/mol. The summed E-state index contributed by atoms with van der Waals surface area (Å²) >= 11 is 0. The molecule has 0 saturated heterocycles. The lowest BCUT2D eigenvalue weighted by Gasteiger charge is -2.31. The minimum absolute atomic E-state index is 0.849. The van der Waals surface area contributed by atoms with Gasteiger partial charge in [-0.2, -0.15) is 0 Å². The van der Waals surface area contributed by atoms with Gasteiger partial charge in [-0.05, 0) is 56.3 Å². The van der Waals surface area contributed by atoms with Gasteiger partial charge in [-0.3, -0.25) is 0 Å². The van der Waals surface area contributed by atoms with Crippen LogP contribution in [0, 0.1) is 17.8 Å². The fourth-order valence-corrected chi connectivity index (χ4v) is 3.40. The van der Waals surface area contributed by atoms with Crippen LogP contribution in [0.4, 0.5) is 0 Å². The van der Waals surface area contributed by atoms with Gasteiger partial charge in [0.1, 0.15) is 0 Å². The third kappa shape index (κ3) is 3.23. The van der Waals surface area contributed by atoms with Gasteiger partial charge in [0.15, 0.2) is 0 Å². The summed E-state index contributed by atoms with van der Waals surface area (Å²) in [5.41, 5.74) is 0. The molecule has 94 valence electrons. The molecule has 16 heavy (non-hydrogen) atoms. The minimum atomic E-state index is 0.849. The molecular formula is C15H29N. The van der Waals surface area contributed by atoms with E-state index in [4.69, 9.17) is 0 Å². The van der Waals surface area contributed by atoms with Crippen LogP contribution < -0.4 is 5.32 Å². The quantitative estimate of drug-likeness (QED) is 0.743. The summed E-state index contributed by atoms with van der Waals surface area (Å²) in [4.78, 5) is 0. The van der Waals surface area contributed by atoms with Crippen LogP contribution in [0.2, 0.25) is 0 Å². The van der Waals surface area contributed by atoms with E-state index in [-0.39, 0.29) is 0 Å². The van der Waals surface area contributed by atoms with Crippen molar-refractivity contribution in [1.82, 2.24) is 5.32 Å². The summed E-state index contributed by atoms with van der Waals surface area (Å²) in [7, 11) is 0. The highest BCUT2D eigenvalue weighted by Crippen LogP contribution is 2.37. The zero-order valence-electron chi connectivity index (χ0n) is 11.3. The molecule has 0 amide bonds. The molecule has 1 heteroatoms. The lowest BCUT2D eigenvalue weighted by Crippen LogP contribution is -2.36. The smallest absolute Gasteiger partial charge is 0.0102 e. The van der Waals surface area contributed by atoms with E-state index in [0.29, 0.717) is 0 Å². The molecule has 1 N–H and O–H groups in total. The fraction of sp³-hybridized carbons (Fsp3) is 1.00. The Morgan fingerprint density at radius 2 is 1.81 bits per heavy atom. The SMILES string of the molecule is CCCC1CC1NC1CCC(C(C)C)CC1. The fourth-order valence-electron chi connectivity index (χ4n) is 3.40. The van der Waals surface area contributed by atoms with E-state index in [1.54, 1.807) is 0 Å². The maximum absolute atomic E-state index is 3.89. The first-order valence-electron chi connectivity index (χ1n) is 7.46. The highest BCUT2D eigenvalue weighted by Gasteiger charge is 2.37. The summed E-state index contributed by atoms with van der Waals surface area (Å²) < 4.78 is 0. The van der Waals surface area contributed by atoms with Crippen LogP contribution >= 0.6 is 0 Å². The molecular weight excluding hydrogens is 194 g/mol. The third-order valence-corrected chi connectivity index (χ3v) is 4.75. The molecule has 0 bridgehead atoms. The third-order valence-electron chi connectivity index (χ3n) is 4.75. The molecule has 0 aromatic heterocycles. The highest BCUT2D eigenvalue weighted by atomic mass is 15.0. The Morgan fingerprint density at radius 1 is 1.12 bits per heavy atom.